The molecule has 0 bridgehead atoms. The molecule has 0 unspecified atom stereocenters. The number of hydrogen-bond donors (Lipinski definition) is 2. The number of rotatable bonds is 3. The second-order valence-corrected chi connectivity index (χ2v) is 1.75. The maximum Gasteiger partial charge on any atom is 0.407 e. The van der Waals surface area contributed by atoms with Crippen LogP contribution in [-0.4, -0.2) is 25.2 Å². The molecule has 11 heavy (non-hydrogen) atoms. The molecule has 0 spiro atoms. The summed E-state index contributed by atoms with van der Waals surface area (Å²) in [6.07, 6.45) is 0.507. The SMILES string of the molecule is C=C[C@H](NC(=O)OC)C(N)=O. The van der Waals surface area contributed by atoms with Crippen molar-refractivity contribution >= 4 is 12.0 Å². The van der Waals surface area contributed by atoms with Gasteiger partial charge in [0.1, 0.15) is 6.04 Å². The molecular weight excluding hydrogens is 148 g/mol. The van der Waals surface area contributed by atoms with E-state index in [9.17, 15) is 9.59 Å². The van der Waals surface area contributed by atoms with E-state index in [4.69, 9.17) is 5.73 Å². The van der Waals surface area contributed by atoms with Crippen LogP contribution in [0.1, 0.15) is 0 Å². The van der Waals surface area contributed by atoms with Crippen LogP contribution < -0.4 is 11.1 Å². The lowest BCUT2D eigenvalue weighted by atomic mass is 10.3. The molecule has 0 saturated heterocycles. The first kappa shape index (κ1) is 9.48. The van der Waals surface area contributed by atoms with Crippen molar-refractivity contribution in [3.05, 3.63) is 12.7 Å². The quantitative estimate of drug-likeness (QED) is 0.537. The number of nitrogens with two attached hydrogens (primary N) is 1. The van der Waals surface area contributed by atoms with Gasteiger partial charge in [-0.1, -0.05) is 6.08 Å². The molecule has 0 aliphatic heterocycles. The van der Waals surface area contributed by atoms with Crippen LogP contribution in [0.3, 0.4) is 0 Å². The van der Waals surface area contributed by atoms with Crippen LogP contribution in [0.25, 0.3) is 0 Å². The minimum absolute atomic E-state index is 0.676. The summed E-state index contributed by atoms with van der Waals surface area (Å²) in [5, 5.41) is 2.16. The molecule has 0 saturated carbocycles. The van der Waals surface area contributed by atoms with E-state index < -0.39 is 18.0 Å². The second kappa shape index (κ2) is 4.32. The summed E-state index contributed by atoms with van der Waals surface area (Å²) in [7, 11) is 1.19. The minimum atomic E-state index is -0.873. The summed E-state index contributed by atoms with van der Waals surface area (Å²) >= 11 is 0. The van der Waals surface area contributed by atoms with Crippen molar-refractivity contribution < 1.29 is 14.3 Å². The monoisotopic (exact) mass is 158 g/mol. The van der Waals surface area contributed by atoms with E-state index in [1.54, 1.807) is 0 Å². The highest BCUT2D eigenvalue weighted by molar-refractivity contribution is 5.85. The van der Waals surface area contributed by atoms with Crippen LogP contribution in [-0.2, 0) is 9.53 Å². The highest BCUT2D eigenvalue weighted by atomic mass is 16.5. The number of ether oxygens (including phenoxy) is 1. The van der Waals surface area contributed by atoms with Gasteiger partial charge in [-0.2, -0.15) is 0 Å². The van der Waals surface area contributed by atoms with Gasteiger partial charge in [-0.3, -0.25) is 4.79 Å². The molecule has 62 valence electrons. The third-order valence-electron chi connectivity index (χ3n) is 1.00. The minimum Gasteiger partial charge on any atom is -0.453 e. The van der Waals surface area contributed by atoms with Gasteiger partial charge in [0, 0.05) is 0 Å². The number of methoxy groups -OCH3 is 1. The molecule has 0 aliphatic rings. The predicted molar refractivity (Wildman–Crippen MR) is 38.7 cm³/mol. The third kappa shape index (κ3) is 3.24. The number of carbonyl (C=O) groups excluding carboxylic acids is 2. The molecule has 1 atom stereocenters. The largest absolute Gasteiger partial charge is 0.453 e. The Balaban J connectivity index is 3.98. The topological polar surface area (TPSA) is 81.4 Å². The molecule has 5 heteroatoms. The van der Waals surface area contributed by atoms with Crippen molar-refractivity contribution in [2.75, 3.05) is 7.11 Å². The Kier molecular flexibility index (Phi) is 3.72. The Labute approximate surface area is 64.2 Å². The molecule has 0 aliphatic carbocycles. The van der Waals surface area contributed by atoms with Gasteiger partial charge in [0.15, 0.2) is 0 Å². The molecule has 0 rings (SSSR count). The van der Waals surface area contributed by atoms with Gasteiger partial charge in [-0.15, -0.1) is 6.58 Å². The summed E-state index contributed by atoms with van der Waals surface area (Å²) in [5.41, 5.74) is 4.87. The second-order valence-electron chi connectivity index (χ2n) is 1.75. The van der Waals surface area contributed by atoms with Crippen LogP contribution in [0.4, 0.5) is 4.79 Å². The molecule has 0 heterocycles. The zero-order chi connectivity index (χ0) is 8.85. The maximum atomic E-state index is 10.5. The molecule has 3 N–H and O–H groups in total. The average Bonchev–Trinajstić information content (AvgIpc) is 1.99. The first-order valence-electron chi connectivity index (χ1n) is 2.88. The molecule has 0 radical (unpaired) electrons. The van der Waals surface area contributed by atoms with Crippen LogP contribution in [0.5, 0.6) is 0 Å². The lowest BCUT2D eigenvalue weighted by Gasteiger charge is -2.08. The van der Waals surface area contributed by atoms with Crippen LogP contribution in [0.15, 0.2) is 12.7 Å². The van der Waals surface area contributed by atoms with Crippen molar-refractivity contribution in [1.82, 2.24) is 5.32 Å². The van der Waals surface area contributed by atoms with Gasteiger partial charge >= 0.3 is 6.09 Å². The van der Waals surface area contributed by atoms with Gasteiger partial charge in [-0.25, -0.2) is 4.79 Å². The number of primary amides is 1. The van der Waals surface area contributed by atoms with E-state index in [0.29, 0.717) is 0 Å². The molecular formula is C6H10N2O3. The highest BCUT2D eigenvalue weighted by Gasteiger charge is 2.13. The van der Waals surface area contributed by atoms with Crippen molar-refractivity contribution in [3.63, 3.8) is 0 Å². The van der Waals surface area contributed by atoms with Gasteiger partial charge in [-0.05, 0) is 0 Å². The Morgan fingerprint density at radius 3 is 2.55 bits per heavy atom. The Morgan fingerprint density at radius 1 is 1.73 bits per heavy atom. The van der Waals surface area contributed by atoms with E-state index in [0.717, 1.165) is 0 Å². The Bertz CT molecular complexity index is 179. The lowest BCUT2D eigenvalue weighted by Crippen LogP contribution is -2.42. The van der Waals surface area contributed by atoms with Gasteiger partial charge < -0.3 is 15.8 Å². The first-order valence-corrected chi connectivity index (χ1v) is 2.88. The average molecular weight is 158 g/mol. The van der Waals surface area contributed by atoms with Crippen LogP contribution in [0, 0.1) is 0 Å². The fourth-order valence-corrected chi connectivity index (χ4v) is 0.432. The van der Waals surface area contributed by atoms with E-state index in [1.165, 1.54) is 13.2 Å². The number of amides is 2. The standard InChI is InChI=1S/C6H10N2O3/c1-3-4(5(7)9)8-6(10)11-2/h3-4H,1H2,2H3,(H2,7,9)(H,8,10)/t4-/m0/s1. The fourth-order valence-electron chi connectivity index (χ4n) is 0.432. The number of nitrogens with one attached hydrogen (secondary N) is 1. The summed E-state index contributed by atoms with van der Waals surface area (Å²) in [4.78, 5) is 21.0. The highest BCUT2D eigenvalue weighted by Crippen LogP contribution is 1.83. The fraction of sp³-hybridized carbons (Fsp3) is 0.333. The van der Waals surface area contributed by atoms with Gasteiger partial charge in [0.05, 0.1) is 7.11 Å². The van der Waals surface area contributed by atoms with Crippen molar-refractivity contribution in [1.29, 1.82) is 0 Å². The third-order valence-corrected chi connectivity index (χ3v) is 1.00. The predicted octanol–water partition coefficient (Wildman–Crippen LogP) is -0.618. The number of carbonyl (C=O) groups is 2. The Morgan fingerprint density at radius 2 is 2.27 bits per heavy atom. The maximum absolute atomic E-state index is 10.5. The summed E-state index contributed by atoms with van der Waals surface area (Å²) in [6, 6.07) is -0.873. The zero-order valence-corrected chi connectivity index (χ0v) is 6.16. The molecule has 0 fully saturated rings. The van der Waals surface area contributed by atoms with Gasteiger partial charge in [0.25, 0.3) is 0 Å². The lowest BCUT2D eigenvalue weighted by molar-refractivity contribution is -0.118. The zero-order valence-electron chi connectivity index (χ0n) is 6.16. The smallest absolute Gasteiger partial charge is 0.407 e. The summed E-state index contributed by atoms with van der Waals surface area (Å²) in [5.74, 6) is -0.676. The van der Waals surface area contributed by atoms with E-state index in [-0.39, 0.29) is 0 Å². The van der Waals surface area contributed by atoms with E-state index in [2.05, 4.69) is 16.6 Å². The van der Waals surface area contributed by atoms with Crippen molar-refractivity contribution in [3.8, 4) is 0 Å². The molecule has 0 aromatic heterocycles. The molecule has 0 aromatic carbocycles. The summed E-state index contributed by atoms with van der Waals surface area (Å²) < 4.78 is 4.23. The van der Waals surface area contributed by atoms with Crippen LogP contribution in [0.2, 0.25) is 0 Å². The molecule has 0 aromatic rings. The van der Waals surface area contributed by atoms with E-state index >= 15 is 0 Å². The first-order chi connectivity index (χ1) is 5.11. The number of alkyl carbamates (subject to hydrolysis) is 1. The molecule has 2 amide bonds. The summed E-state index contributed by atoms with van der Waals surface area (Å²) in [6.45, 7) is 3.30. The van der Waals surface area contributed by atoms with Crippen molar-refractivity contribution in [2.24, 2.45) is 5.73 Å². The normalized spacial score (nSPS) is 11.4. The van der Waals surface area contributed by atoms with Crippen molar-refractivity contribution in [2.45, 2.75) is 6.04 Å². The van der Waals surface area contributed by atoms with E-state index in [1.807, 2.05) is 0 Å². The Hall–Kier alpha value is -1.52. The van der Waals surface area contributed by atoms with Gasteiger partial charge in [0.2, 0.25) is 5.91 Å². The van der Waals surface area contributed by atoms with Crippen LogP contribution >= 0.6 is 0 Å². The number of hydrogen-bond acceptors (Lipinski definition) is 3. The molecule has 5 nitrogen and oxygen atoms in total.